The van der Waals surface area contributed by atoms with Crippen LogP contribution in [0.1, 0.15) is 13.3 Å². The zero-order valence-electron chi connectivity index (χ0n) is 10.6. The molecule has 0 spiro atoms. The van der Waals surface area contributed by atoms with E-state index in [2.05, 4.69) is 6.92 Å². The van der Waals surface area contributed by atoms with Crippen molar-refractivity contribution in [3.8, 4) is 0 Å². The van der Waals surface area contributed by atoms with Gasteiger partial charge < -0.3 is 24.1 Å². The Balaban J connectivity index is 2.91. The molecule has 0 radical (unpaired) electrons. The number of hydrogen-bond donors (Lipinski definition) is 1. The maximum Gasteiger partial charge on any atom is 0.111 e. The first-order valence-corrected chi connectivity index (χ1v) is 6.02. The smallest absolute Gasteiger partial charge is 0.111 e. The molecule has 0 aliphatic heterocycles. The van der Waals surface area contributed by atoms with Gasteiger partial charge in [0.15, 0.2) is 0 Å². The molecule has 0 aromatic carbocycles. The fourth-order valence-electron chi connectivity index (χ4n) is 0.946. The third-order valence-electron chi connectivity index (χ3n) is 1.75. The summed E-state index contributed by atoms with van der Waals surface area (Å²) < 4.78 is 20.7. The van der Waals surface area contributed by atoms with E-state index in [0.717, 1.165) is 6.42 Å². The molecule has 0 rings (SSSR count). The van der Waals surface area contributed by atoms with Crippen LogP contribution in [0, 0.1) is 0 Å². The van der Waals surface area contributed by atoms with Gasteiger partial charge in [0, 0.05) is 0 Å². The van der Waals surface area contributed by atoms with Crippen molar-refractivity contribution >= 4 is 0 Å². The number of allylic oxidation sites excluding steroid dienone is 1. The Labute approximate surface area is 103 Å². The summed E-state index contributed by atoms with van der Waals surface area (Å²) >= 11 is 0. The lowest BCUT2D eigenvalue weighted by atomic mass is 10.5. The van der Waals surface area contributed by atoms with Crippen molar-refractivity contribution in [3.05, 3.63) is 12.3 Å². The van der Waals surface area contributed by atoms with Crippen LogP contribution >= 0.6 is 0 Å². The fourth-order valence-corrected chi connectivity index (χ4v) is 0.946. The molecule has 0 bridgehead atoms. The van der Waals surface area contributed by atoms with Crippen LogP contribution < -0.4 is 0 Å². The van der Waals surface area contributed by atoms with Crippen molar-refractivity contribution < 1.29 is 24.1 Å². The van der Waals surface area contributed by atoms with Gasteiger partial charge in [-0.1, -0.05) is 13.0 Å². The Morgan fingerprint density at radius 1 is 0.824 bits per heavy atom. The van der Waals surface area contributed by atoms with Crippen LogP contribution in [0.4, 0.5) is 0 Å². The van der Waals surface area contributed by atoms with Gasteiger partial charge in [0.05, 0.1) is 52.5 Å². The monoisotopic (exact) mass is 248 g/mol. The minimum atomic E-state index is 0.0512. The molecule has 0 saturated heterocycles. The van der Waals surface area contributed by atoms with Gasteiger partial charge in [0.2, 0.25) is 0 Å². The van der Waals surface area contributed by atoms with Crippen molar-refractivity contribution in [2.24, 2.45) is 0 Å². The molecule has 0 unspecified atom stereocenters. The summed E-state index contributed by atoms with van der Waals surface area (Å²) in [5, 5.41) is 8.44. The Bertz CT molecular complexity index is 161. The Kier molecular flexibility index (Phi) is 14.8. The second-order valence-electron chi connectivity index (χ2n) is 3.21. The lowest BCUT2D eigenvalue weighted by Gasteiger charge is -2.06. The maximum absolute atomic E-state index is 8.44. The van der Waals surface area contributed by atoms with Crippen LogP contribution in [0.15, 0.2) is 12.3 Å². The number of rotatable bonds is 13. The third kappa shape index (κ3) is 15.4. The molecule has 0 aliphatic carbocycles. The van der Waals surface area contributed by atoms with Crippen LogP contribution in [0.2, 0.25) is 0 Å². The lowest BCUT2D eigenvalue weighted by Crippen LogP contribution is -2.12. The molecule has 0 aromatic rings. The van der Waals surface area contributed by atoms with Gasteiger partial charge in [-0.25, -0.2) is 0 Å². The molecule has 0 saturated carbocycles. The van der Waals surface area contributed by atoms with Crippen molar-refractivity contribution in [1.29, 1.82) is 0 Å². The summed E-state index contributed by atoms with van der Waals surface area (Å²) in [5.74, 6) is 0. The van der Waals surface area contributed by atoms with Gasteiger partial charge in [-0.15, -0.1) is 0 Å². The molecule has 5 heteroatoms. The second-order valence-corrected chi connectivity index (χ2v) is 3.21. The summed E-state index contributed by atoms with van der Waals surface area (Å²) in [6, 6.07) is 0. The predicted octanol–water partition coefficient (Wildman–Crippen LogP) is 0.969. The normalized spacial score (nSPS) is 11.2. The molecule has 0 amide bonds. The van der Waals surface area contributed by atoms with E-state index >= 15 is 0 Å². The van der Waals surface area contributed by atoms with E-state index in [9.17, 15) is 0 Å². The van der Waals surface area contributed by atoms with E-state index in [-0.39, 0.29) is 6.61 Å². The van der Waals surface area contributed by atoms with Crippen LogP contribution in [0.5, 0.6) is 0 Å². The summed E-state index contributed by atoms with van der Waals surface area (Å²) in [7, 11) is 0. The van der Waals surface area contributed by atoms with Crippen molar-refractivity contribution in [2.75, 3.05) is 52.9 Å². The third-order valence-corrected chi connectivity index (χ3v) is 1.75. The summed E-state index contributed by atoms with van der Waals surface area (Å²) in [6.07, 6.45) is 4.63. The topological polar surface area (TPSA) is 57.2 Å². The van der Waals surface area contributed by atoms with Gasteiger partial charge in [0.1, 0.15) is 6.61 Å². The van der Waals surface area contributed by atoms with Gasteiger partial charge in [0.25, 0.3) is 0 Å². The fraction of sp³-hybridized carbons (Fsp3) is 0.833. The van der Waals surface area contributed by atoms with Crippen molar-refractivity contribution in [2.45, 2.75) is 13.3 Å². The summed E-state index contributed by atoms with van der Waals surface area (Å²) in [4.78, 5) is 0. The van der Waals surface area contributed by atoms with Gasteiger partial charge >= 0.3 is 0 Å². The predicted molar refractivity (Wildman–Crippen MR) is 64.9 cm³/mol. The molecular formula is C12H24O5. The van der Waals surface area contributed by atoms with Crippen LogP contribution in [0.3, 0.4) is 0 Å². The van der Waals surface area contributed by atoms with E-state index in [1.165, 1.54) is 0 Å². The van der Waals surface area contributed by atoms with Crippen LogP contribution in [-0.4, -0.2) is 58.0 Å². The van der Waals surface area contributed by atoms with E-state index in [1.54, 1.807) is 6.26 Å². The number of aliphatic hydroxyl groups excluding tert-OH is 1. The minimum absolute atomic E-state index is 0.0512. The van der Waals surface area contributed by atoms with Gasteiger partial charge in [-0.05, 0) is 6.42 Å². The first-order chi connectivity index (χ1) is 8.41. The van der Waals surface area contributed by atoms with E-state index in [4.69, 9.17) is 24.1 Å². The quantitative estimate of drug-likeness (QED) is 0.389. The van der Waals surface area contributed by atoms with Gasteiger partial charge in [-0.3, -0.25) is 0 Å². The Morgan fingerprint density at radius 3 is 1.88 bits per heavy atom. The molecule has 0 aromatic heterocycles. The van der Waals surface area contributed by atoms with Gasteiger partial charge in [-0.2, -0.15) is 0 Å². The molecule has 0 aliphatic rings. The standard InChI is InChI=1S/C12H24O5/c1-2-3-5-14-7-9-16-11-12-17-10-8-15-6-4-13/h3,5,13H,2,4,6-12H2,1H3. The molecule has 102 valence electrons. The summed E-state index contributed by atoms with van der Waals surface area (Å²) in [5.41, 5.74) is 0. The molecule has 0 heterocycles. The average molecular weight is 248 g/mol. The number of ether oxygens (including phenoxy) is 4. The molecule has 5 nitrogen and oxygen atoms in total. The SMILES string of the molecule is CCC=COCCOCCOCCOCCO. The summed E-state index contributed by atoms with van der Waals surface area (Å²) in [6.45, 7) is 5.74. The molecular weight excluding hydrogens is 224 g/mol. The zero-order chi connectivity index (χ0) is 12.6. The van der Waals surface area contributed by atoms with Crippen LogP contribution in [-0.2, 0) is 18.9 Å². The van der Waals surface area contributed by atoms with Crippen LogP contribution in [0.25, 0.3) is 0 Å². The Hall–Kier alpha value is -0.620. The molecule has 0 fully saturated rings. The first-order valence-electron chi connectivity index (χ1n) is 6.02. The Morgan fingerprint density at radius 2 is 1.35 bits per heavy atom. The average Bonchev–Trinajstić information content (AvgIpc) is 2.35. The highest BCUT2D eigenvalue weighted by atomic mass is 16.6. The molecule has 1 N–H and O–H groups in total. The lowest BCUT2D eigenvalue weighted by molar-refractivity contribution is 0.00133. The van der Waals surface area contributed by atoms with E-state index < -0.39 is 0 Å². The zero-order valence-corrected chi connectivity index (χ0v) is 10.6. The molecule has 17 heavy (non-hydrogen) atoms. The minimum Gasteiger partial charge on any atom is -0.499 e. The maximum atomic E-state index is 8.44. The highest BCUT2D eigenvalue weighted by Gasteiger charge is 1.91. The molecule has 0 atom stereocenters. The highest BCUT2D eigenvalue weighted by molar-refractivity contribution is 4.70. The van der Waals surface area contributed by atoms with E-state index in [1.807, 2.05) is 6.08 Å². The van der Waals surface area contributed by atoms with Crippen molar-refractivity contribution in [3.63, 3.8) is 0 Å². The number of hydrogen-bond acceptors (Lipinski definition) is 5. The largest absolute Gasteiger partial charge is 0.499 e. The number of aliphatic hydroxyl groups is 1. The van der Waals surface area contributed by atoms with E-state index in [0.29, 0.717) is 46.2 Å². The second kappa shape index (κ2) is 15.4. The highest BCUT2D eigenvalue weighted by Crippen LogP contribution is 1.84. The van der Waals surface area contributed by atoms with Crippen molar-refractivity contribution in [1.82, 2.24) is 0 Å². The first kappa shape index (κ1) is 16.4.